The second-order valence-corrected chi connectivity index (χ2v) is 4.19. The second-order valence-electron chi connectivity index (χ2n) is 4.19. The number of aliphatic carboxylic acids is 1. The fourth-order valence-corrected chi connectivity index (χ4v) is 1.24. The first kappa shape index (κ1) is 16.9. The summed E-state index contributed by atoms with van der Waals surface area (Å²) in [4.78, 5) is 33.5. The normalized spacial score (nSPS) is 11.5. The molecule has 0 fully saturated rings. The molecule has 2 amide bonds. The first-order chi connectivity index (χ1) is 8.88. The van der Waals surface area contributed by atoms with E-state index < -0.39 is 24.0 Å². The Morgan fingerprint density at radius 2 is 2.00 bits per heavy atom. The molecule has 0 rings (SSSR count). The van der Waals surface area contributed by atoms with E-state index in [1.54, 1.807) is 13.8 Å². The van der Waals surface area contributed by atoms with Gasteiger partial charge in [-0.2, -0.15) is 0 Å². The quantitative estimate of drug-likeness (QED) is 0.558. The molecule has 0 spiro atoms. The van der Waals surface area contributed by atoms with E-state index >= 15 is 0 Å². The summed E-state index contributed by atoms with van der Waals surface area (Å²) in [5.74, 6) is -1.59. The van der Waals surface area contributed by atoms with E-state index in [1.165, 1.54) is 6.08 Å². The first-order valence-corrected chi connectivity index (χ1v) is 5.92. The van der Waals surface area contributed by atoms with Crippen LogP contribution in [0.5, 0.6) is 0 Å². The molecular weight excluding hydrogens is 252 g/mol. The standard InChI is InChI=1S/C12H20N2O5/c1-4-7-19-12(18)14-10(8(2)3)11(17)13-6-5-9(15)16/h4,8,10H,1,5-7H2,2-3H3,(H,13,17)(H,14,18)(H,15,16). The maximum Gasteiger partial charge on any atom is 0.408 e. The average Bonchev–Trinajstić information content (AvgIpc) is 2.32. The van der Waals surface area contributed by atoms with Crippen molar-refractivity contribution >= 4 is 18.0 Å². The molecule has 0 saturated heterocycles. The van der Waals surface area contributed by atoms with Crippen LogP contribution in [0.25, 0.3) is 0 Å². The molecule has 19 heavy (non-hydrogen) atoms. The summed E-state index contributed by atoms with van der Waals surface area (Å²) in [5.41, 5.74) is 0. The average molecular weight is 272 g/mol. The SMILES string of the molecule is C=CCOC(=O)NC(C(=O)NCCC(=O)O)C(C)C. The Hall–Kier alpha value is -2.05. The van der Waals surface area contributed by atoms with Crippen LogP contribution in [0.15, 0.2) is 12.7 Å². The van der Waals surface area contributed by atoms with E-state index in [4.69, 9.17) is 9.84 Å². The topological polar surface area (TPSA) is 105 Å². The highest BCUT2D eigenvalue weighted by Crippen LogP contribution is 2.02. The number of hydrogen-bond acceptors (Lipinski definition) is 4. The molecule has 3 N–H and O–H groups in total. The van der Waals surface area contributed by atoms with Crippen LogP contribution >= 0.6 is 0 Å². The molecule has 0 aromatic carbocycles. The molecule has 0 heterocycles. The number of nitrogens with one attached hydrogen (secondary N) is 2. The molecule has 108 valence electrons. The predicted molar refractivity (Wildman–Crippen MR) is 68.6 cm³/mol. The lowest BCUT2D eigenvalue weighted by Gasteiger charge is -2.21. The first-order valence-electron chi connectivity index (χ1n) is 5.92. The number of carbonyl (C=O) groups excluding carboxylic acids is 2. The molecule has 0 aromatic heterocycles. The van der Waals surface area contributed by atoms with Crippen LogP contribution in [0.4, 0.5) is 4.79 Å². The molecule has 0 aliphatic heterocycles. The van der Waals surface area contributed by atoms with Gasteiger partial charge in [-0.05, 0) is 5.92 Å². The van der Waals surface area contributed by atoms with Gasteiger partial charge in [0.2, 0.25) is 5.91 Å². The van der Waals surface area contributed by atoms with Crippen molar-refractivity contribution in [3.05, 3.63) is 12.7 Å². The molecule has 0 aromatic rings. The van der Waals surface area contributed by atoms with E-state index in [0.29, 0.717) is 0 Å². The van der Waals surface area contributed by atoms with E-state index in [9.17, 15) is 14.4 Å². The van der Waals surface area contributed by atoms with Crippen molar-refractivity contribution in [1.29, 1.82) is 0 Å². The zero-order chi connectivity index (χ0) is 14.8. The minimum Gasteiger partial charge on any atom is -0.481 e. The van der Waals surface area contributed by atoms with Crippen molar-refractivity contribution in [2.24, 2.45) is 5.92 Å². The van der Waals surface area contributed by atoms with Gasteiger partial charge in [0, 0.05) is 6.54 Å². The lowest BCUT2D eigenvalue weighted by Crippen LogP contribution is -2.50. The second kappa shape index (κ2) is 8.96. The highest BCUT2D eigenvalue weighted by Gasteiger charge is 2.24. The minimum absolute atomic E-state index is 0.0147. The van der Waals surface area contributed by atoms with Crippen molar-refractivity contribution in [1.82, 2.24) is 10.6 Å². The fraction of sp³-hybridized carbons (Fsp3) is 0.583. The summed E-state index contributed by atoms with van der Waals surface area (Å²) in [6, 6.07) is -0.772. The zero-order valence-electron chi connectivity index (χ0n) is 11.1. The van der Waals surface area contributed by atoms with Gasteiger partial charge in [0.15, 0.2) is 0 Å². The largest absolute Gasteiger partial charge is 0.481 e. The third-order valence-electron chi connectivity index (χ3n) is 2.19. The number of carboxylic acids is 1. The fourth-order valence-electron chi connectivity index (χ4n) is 1.24. The van der Waals surface area contributed by atoms with Crippen molar-refractivity contribution in [3.63, 3.8) is 0 Å². The van der Waals surface area contributed by atoms with Gasteiger partial charge in [-0.1, -0.05) is 26.5 Å². The Labute approximate surface area is 112 Å². The Morgan fingerprint density at radius 1 is 1.37 bits per heavy atom. The van der Waals surface area contributed by atoms with Gasteiger partial charge in [0.1, 0.15) is 12.6 Å². The van der Waals surface area contributed by atoms with Crippen LogP contribution < -0.4 is 10.6 Å². The zero-order valence-corrected chi connectivity index (χ0v) is 11.1. The van der Waals surface area contributed by atoms with E-state index in [1.807, 2.05) is 0 Å². The monoisotopic (exact) mass is 272 g/mol. The highest BCUT2D eigenvalue weighted by molar-refractivity contribution is 5.86. The number of carbonyl (C=O) groups is 3. The number of alkyl carbamates (subject to hydrolysis) is 1. The predicted octanol–water partition coefficient (Wildman–Crippen LogP) is 0.514. The van der Waals surface area contributed by atoms with Gasteiger partial charge in [-0.15, -0.1) is 0 Å². The van der Waals surface area contributed by atoms with Crippen molar-refractivity contribution in [2.75, 3.05) is 13.2 Å². The highest BCUT2D eigenvalue weighted by atomic mass is 16.5. The van der Waals surface area contributed by atoms with Gasteiger partial charge in [-0.25, -0.2) is 4.79 Å². The summed E-state index contributed by atoms with van der Waals surface area (Å²) in [6.45, 7) is 6.98. The lowest BCUT2D eigenvalue weighted by molar-refractivity contribution is -0.137. The summed E-state index contributed by atoms with van der Waals surface area (Å²) in [6.07, 6.45) is 0.529. The molecule has 1 unspecified atom stereocenters. The number of amides is 2. The van der Waals surface area contributed by atoms with Gasteiger partial charge < -0.3 is 20.5 Å². The van der Waals surface area contributed by atoms with Gasteiger partial charge in [0.05, 0.1) is 6.42 Å². The molecule has 0 bridgehead atoms. The smallest absolute Gasteiger partial charge is 0.408 e. The summed E-state index contributed by atoms with van der Waals surface area (Å²) < 4.78 is 4.72. The van der Waals surface area contributed by atoms with E-state index in [2.05, 4.69) is 17.2 Å². The Morgan fingerprint density at radius 3 is 2.47 bits per heavy atom. The van der Waals surface area contributed by atoms with Gasteiger partial charge in [0.25, 0.3) is 0 Å². The molecule has 7 heteroatoms. The third kappa shape index (κ3) is 7.80. The summed E-state index contributed by atoms with van der Waals surface area (Å²) >= 11 is 0. The van der Waals surface area contributed by atoms with E-state index in [0.717, 1.165) is 0 Å². The van der Waals surface area contributed by atoms with Gasteiger partial charge in [-0.3, -0.25) is 9.59 Å². The van der Waals surface area contributed by atoms with Gasteiger partial charge >= 0.3 is 12.1 Å². The summed E-state index contributed by atoms with van der Waals surface area (Å²) in [7, 11) is 0. The Kier molecular flexibility index (Phi) is 7.99. The summed E-state index contributed by atoms with van der Waals surface area (Å²) in [5, 5.41) is 13.3. The lowest BCUT2D eigenvalue weighted by atomic mass is 10.0. The maximum absolute atomic E-state index is 11.8. The van der Waals surface area contributed by atoms with Crippen LogP contribution in [0, 0.1) is 5.92 Å². The van der Waals surface area contributed by atoms with Crippen LogP contribution in [0.1, 0.15) is 20.3 Å². The molecule has 0 aliphatic rings. The Bertz CT molecular complexity index is 341. The molecule has 1 atom stereocenters. The minimum atomic E-state index is -1.00. The molecule has 7 nitrogen and oxygen atoms in total. The van der Waals surface area contributed by atoms with E-state index in [-0.39, 0.29) is 25.5 Å². The van der Waals surface area contributed by atoms with Crippen LogP contribution in [0.2, 0.25) is 0 Å². The van der Waals surface area contributed by atoms with Crippen molar-refractivity contribution in [3.8, 4) is 0 Å². The van der Waals surface area contributed by atoms with Crippen LogP contribution in [0.3, 0.4) is 0 Å². The number of rotatable bonds is 8. The van der Waals surface area contributed by atoms with Crippen LogP contribution in [-0.4, -0.2) is 42.3 Å². The number of carboxylic acid groups (broad SMARTS) is 1. The molecule has 0 aliphatic carbocycles. The molecule has 0 radical (unpaired) electrons. The van der Waals surface area contributed by atoms with Crippen molar-refractivity contribution in [2.45, 2.75) is 26.3 Å². The molecule has 0 saturated carbocycles. The van der Waals surface area contributed by atoms with Crippen LogP contribution in [-0.2, 0) is 14.3 Å². The number of ether oxygens (including phenoxy) is 1. The number of hydrogen-bond donors (Lipinski definition) is 3. The Balaban J connectivity index is 4.30. The molecular formula is C12H20N2O5. The third-order valence-corrected chi connectivity index (χ3v) is 2.19. The van der Waals surface area contributed by atoms with Crippen molar-refractivity contribution < 1.29 is 24.2 Å². The maximum atomic E-state index is 11.8.